The largest absolute Gasteiger partial charge is 0.481 e. The van der Waals surface area contributed by atoms with Gasteiger partial charge >= 0.3 is 0 Å². The van der Waals surface area contributed by atoms with Gasteiger partial charge in [0.05, 0.1) is 0 Å². The Morgan fingerprint density at radius 2 is 2.12 bits per heavy atom. The third-order valence-electron chi connectivity index (χ3n) is 3.36. The second kappa shape index (κ2) is 8.48. The Hall–Kier alpha value is -2.36. The summed E-state index contributed by atoms with van der Waals surface area (Å²) in [6.07, 6.45) is 5.05. The number of nitrogens with zero attached hydrogens (tertiary/aromatic N) is 2. The fourth-order valence-corrected chi connectivity index (χ4v) is 2.87. The highest BCUT2D eigenvalue weighted by Crippen LogP contribution is 2.24. The normalized spacial score (nSPS) is 11.6. The molecule has 0 saturated heterocycles. The molecule has 0 bridgehead atoms. The Balaban J connectivity index is 2.07. The number of amides is 1. The highest BCUT2D eigenvalue weighted by Gasteiger charge is 2.19. The van der Waals surface area contributed by atoms with E-state index in [4.69, 9.17) is 15.9 Å². The standard InChI is InChI=1S/C18H20N2O3S/c1-5-11-23-15-9-7-14(8-10-15)20(4)18(21)16-12-24-17(19-16)13(3)22-6-2/h1,7-10,12-13H,6,11H2,2-4H3/t13-/m1/s1. The minimum Gasteiger partial charge on any atom is -0.481 e. The molecule has 0 aliphatic rings. The van der Waals surface area contributed by atoms with Crippen molar-refractivity contribution in [1.29, 1.82) is 0 Å². The zero-order valence-corrected chi connectivity index (χ0v) is 14.8. The molecule has 6 heteroatoms. The van der Waals surface area contributed by atoms with Crippen molar-refractivity contribution in [3.63, 3.8) is 0 Å². The number of anilines is 1. The average molecular weight is 344 g/mol. The summed E-state index contributed by atoms with van der Waals surface area (Å²) < 4.78 is 10.8. The molecule has 2 rings (SSSR count). The van der Waals surface area contributed by atoms with Crippen molar-refractivity contribution in [2.75, 3.05) is 25.2 Å². The van der Waals surface area contributed by atoms with Crippen LogP contribution in [0.5, 0.6) is 5.75 Å². The molecule has 0 saturated carbocycles. The van der Waals surface area contributed by atoms with Gasteiger partial charge in [0, 0.05) is 24.7 Å². The van der Waals surface area contributed by atoms with Gasteiger partial charge in [-0.3, -0.25) is 4.79 Å². The van der Waals surface area contributed by atoms with Gasteiger partial charge in [-0.15, -0.1) is 17.8 Å². The Kier molecular flexibility index (Phi) is 6.36. The number of aromatic nitrogens is 1. The average Bonchev–Trinajstić information content (AvgIpc) is 3.09. The Morgan fingerprint density at radius 1 is 1.42 bits per heavy atom. The monoisotopic (exact) mass is 344 g/mol. The third kappa shape index (κ3) is 4.34. The van der Waals surface area contributed by atoms with E-state index in [0.717, 1.165) is 10.7 Å². The number of carbonyl (C=O) groups is 1. The van der Waals surface area contributed by atoms with E-state index in [0.29, 0.717) is 18.1 Å². The fourth-order valence-electron chi connectivity index (χ4n) is 2.07. The van der Waals surface area contributed by atoms with Gasteiger partial charge in [0.1, 0.15) is 29.2 Å². The van der Waals surface area contributed by atoms with Crippen LogP contribution in [0.2, 0.25) is 0 Å². The molecule has 1 amide bonds. The molecule has 1 aromatic carbocycles. The van der Waals surface area contributed by atoms with Crippen LogP contribution in [0.1, 0.15) is 35.4 Å². The van der Waals surface area contributed by atoms with Crippen LogP contribution in [-0.4, -0.2) is 31.2 Å². The maximum absolute atomic E-state index is 12.6. The smallest absolute Gasteiger partial charge is 0.277 e. The first-order valence-corrected chi connectivity index (χ1v) is 8.46. The van der Waals surface area contributed by atoms with Crippen LogP contribution in [0.25, 0.3) is 0 Å². The van der Waals surface area contributed by atoms with E-state index >= 15 is 0 Å². The third-order valence-corrected chi connectivity index (χ3v) is 4.36. The second-order valence-electron chi connectivity index (χ2n) is 5.02. The quantitative estimate of drug-likeness (QED) is 0.721. The molecule has 1 aromatic heterocycles. The molecule has 126 valence electrons. The van der Waals surface area contributed by atoms with Crippen LogP contribution >= 0.6 is 11.3 Å². The highest BCUT2D eigenvalue weighted by atomic mass is 32.1. The van der Waals surface area contributed by atoms with Crippen LogP contribution in [-0.2, 0) is 4.74 Å². The van der Waals surface area contributed by atoms with Crippen LogP contribution in [0.15, 0.2) is 29.6 Å². The van der Waals surface area contributed by atoms with Crippen molar-refractivity contribution in [1.82, 2.24) is 4.98 Å². The van der Waals surface area contributed by atoms with E-state index in [1.54, 1.807) is 41.6 Å². The fraction of sp³-hybridized carbons (Fsp3) is 0.333. The molecule has 1 heterocycles. The lowest BCUT2D eigenvalue weighted by atomic mass is 10.2. The van der Waals surface area contributed by atoms with Crippen LogP contribution in [0.3, 0.4) is 0 Å². The van der Waals surface area contributed by atoms with Crippen LogP contribution < -0.4 is 9.64 Å². The van der Waals surface area contributed by atoms with Crippen LogP contribution in [0, 0.1) is 12.3 Å². The molecule has 0 unspecified atom stereocenters. The van der Waals surface area contributed by atoms with Crippen molar-refractivity contribution in [2.45, 2.75) is 20.0 Å². The minimum absolute atomic E-state index is 0.112. The molecule has 0 spiro atoms. The van der Waals surface area contributed by atoms with Crippen molar-refractivity contribution in [3.8, 4) is 18.1 Å². The van der Waals surface area contributed by atoms with Gasteiger partial charge in [-0.1, -0.05) is 5.92 Å². The van der Waals surface area contributed by atoms with Gasteiger partial charge in [0.15, 0.2) is 0 Å². The van der Waals surface area contributed by atoms with Crippen LogP contribution in [0.4, 0.5) is 5.69 Å². The Bertz CT molecular complexity index is 719. The molecule has 5 nitrogen and oxygen atoms in total. The number of ether oxygens (including phenoxy) is 2. The van der Waals surface area contributed by atoms with E-state index in [9.17, 15) is 4.79 Å². The molecule has 0 aliphatic carbocycles. The maximum Gasteiger partial charge on any atom is 0.277 e. The first-order chi connectivity index (χ1) is 11.6. The maximum atomic E-state index is 12.6. The van der Waals surface area contributed by atoms with Crippen molar-refractivity contribution in [2.24, 2.45) is 0 Å². The molecular formula is C18H20N2O3S. The number of thiazole rings is 1. The van der Waals surface area contributed by atoms with E-state index in [-0.39, 0.29) is 18.6 Å². The summed E-state index contributed by atoms with van der Waals surface area (Å²) in [5, 5.41) is 2.56. The molecule has 24 heavy (non-hydrogen) atoms. The zero-order valence-electron chi connectivity index (χ0n) is 14.0. The van der Waals surface area contributed by atoms with Crippen molar-refractivity contribution in [3.05, 3.63) is 40.3 Å². The lowest BCUT2D eigenvalue weighted by Crippen LogP contribution is -2.26. The predicted molar refractivity (Wildman–Crippen MR) is 95.7 cm³/mol. The predicted octanol–water partition coefficient (Wildman–Crippen LogP) is 3.53. The number of hydrogen-bond donors (Lipinski definition) is 0. The number of hydrogen-bond acceptors (Lipinski definition) is 5. The summed E-state index contributed by atoms with van der Waals surface area (Å²) in [6, 6.07) is 7.17. The van der Waals surface area contributed by atoms with Gasteiger partial charge in [0.2, 0.25) is 0 Å². The van der Waals surface area contributed by atoms with Gasteiger partial charge < -0.3 is 14.4 Å². The van der Waals surface area contributed by atoms with E-state index in [1.165, 1.54) is 11.3 Å². The van der Waals surface area contributed by atoms with Crippen molar-refractivity contribution < 1.29 is 14.3 Å². The van der Waals surface area contributed by atoms with E-state index in [2.05, 4.69) is 10.9 Å². The summed E-state index contributed by atoms with van der Waals surface area (Å²) in [7, 11) is 1.71. The number of benzene rings is 1. The highest BCUT2D eigenvalue weighted by molar-refractivity contribution is 7.09. The number of terminal acetylenes is 1. The summed E-state index contributed by atoms with van der Waals surface area (Å²) in [4.78, 5) is 18.5. The Morgan fingerprint density at radius 3 is 2.75 bits per heavy atom. The summed E-state index contributed by atoms with van der Waals surface area (Å²) in [5.74, 6) is 2.91. The lowest BCUT2D eigenvalue weighted by molar-refractivity contribution is 0.0760. The molecular weight excluding hydrogens is 324 g/mol. The molecule has 1 atom stereocenters. The zero-order chi connectivity index (χ0) is 17.5. The summed E-state index contributed by atoms with van der Waals surface area (Å²) in [5.41, 5.74) is 1.16. The number of rotatable bonds is 7. The first-order valence-electron chi connectivity index (χ1n) is 7.58. The molecule has 0 N–H and O–H groups in total. The second-order valence-corrected chi connectivity index (χ2v) is 5.91. The topological polar surface area (TPSA) is 51.7 Å². The minimum atomic E-state index is -0.168. The summed E-state index contributed by atoms with van der Waals surface area (Å²) >= 11 is 1.43. The molecule has 0 fully saturated rings. The van der Waals surface area contributed by atoms with E-state index < -0.39 is 0 Å². The molecule has 2 aromatic rings. The SMILES string of the molecule is C#CCOc1ccc(N(C)C(=O)c2csc([C@@H](C)OCC)n2)cc1. The van der Waals surface area contributed by atoms with Crippen molar-refractivity contribution >= 4 is 22.9 Å². The lowest BCUT2D eigenvalue weighted by Gasteiger charge is -2.16. The molecule has 0 radical (unpaired) electrons. The Labute approximate surface area is 146 Å². The molecule has 0 aliphatic heterocycles. The number of carbonyl (C=O) groups excluding carboxylic acids is 1. The summed E-state index contributed by atoms with van der Waals surface area (Å²) in [6.45, 7) is 4.68. The van der Waals surface area contributed by atoms with E-state index in [1.807, 2.05) is 13.8 Å². The van der Waals surface area contributed by atoms with Gasteiger partial charge in [-0.2, -0.15) is 0 Å². The van der Waals surface area contributed by atoms with Gasteiger partial charge in [-0.05, 0) is 38.1 Å². The van der Waals surface area contributed by atoms with Gasteiger partial charge in [0.25, 0.3) is 5.91 Å². The first kappa shape index (κ1) is 18.0. The van der Waals surface area contributed by atoms with Gasteiger partial charge in [-0.25, -0.2) is 4.98 Å².